The summed E-state index contributed by atoms with van der Waals surface area (Å²) in [6.07, 6.45) is 0.861. The average Bonchev–Trinajstić information content (AvgIpc) is 2.16. The second-order valence-corrected chi connectivity index (χ2v) is 3.22. The summed E-state index contributed by atoms with van der Waals surface area (Å²) in [5.74, 6) is 0.838. The molecule has 1 rings (SSSR count). The van der Waals surface area contributed by atoms with Crippen LogP contribution in [-0.4, -0.2) is 12.3 Å². The Labute approximate surface area is 88.9 Å². The van der Waals surface area contributed by atoms with Crippen molar-refractivity contribution in [2.24, 2.45) is 0 Å². The maximum Gasteiger partial charge on any atom is 0.280 e. The summed E-state index contributed by atoms with van der Waals surface area (Å²) >= 11 is 3.64. The molecule has 0 aliphatic heterocycles. The zero-order valence-electron chi connectivity index (χ0n) is 8.20. The second-order valence-electron chi connectivity index (χ2n) is 2.81. The highest BCUT2D eigenvalue weighted by atomic mass is 32.1. The standard InChI is InChI=1S/C10H13NO2S/c1-3-7-6-8(11-10(12)14)4-5-9(7)13-2/h4-6H,3H2,1-2H3,(H2,11,12,14). The molecule has 0 aliphatic carbocycles. The van der Waals surface area contributed by atoms with E-state index in [0.29, 0.717) is 0 Å². The molecule has 0 saturated carbocycles. The Kier molecular flexibility index (Phi) is 3.83. The van der Waals surface area contributed by atoms with Crippen LogP contribution in [0.1, 0.15) is 12.5 Å². The lowest BCUT2D eigenvalue weighted by molar-refractivity contribution is 0.270. The number of rotatable bonds is 3. The number of carbonyl (C=O) groups is 1. The summed E-state index contributed by atoms with van der Waals surface area (Å²) in [6, 6.07) is 5.50. The first-order chi connectivity index (χ1) is 6.67. The summed E-state index contributed by atoms with van der Waals surface area (Å²) in [6.45, 7) is 2.03. The molecule has 0 atom stereocenters. The van der Waals surface area contributed by atoms with Crippen LogP contribution in [0.2, 0.25) is 0 Å². The first-order valence-electron chi connectivity index (χ1n) is 4.34. The van der Waals surface area contributed by atoms with Crippen molar-refractivity contribution in [3.8, 4) is 5.75 Å². The average molecular weight is 211 g/mol. The predicted molar refractivity (Wildman–Crippen MR) is 60.4 cm³/mol. The van der Waals surface area contributed by atoms with Gasteiger partial charge in [-0.05, 0) is 30.2 Å². The van der Waals surface area contributed by atoms with Crippen molar-refractivity contribution in [1.29, 1.82) is 0 Å². The van der Waals surface area contributed by atoms with Crippen LogP contribution in [0.25, 0.3) is 0 Å². The van der Waals surface area contributed by atoms with Crippen molar-refractivity contribution < 1.29 is 9.53 Å². The third-order valence-corrected chi connectivity index (χ3v) is 2.02. The van der Waals surface area contributed by atoms with E-state index >= 15 is 0 Å². The molecular weight excluding hydrogens is 198 g/mol. The van der Waals surface area contributed by atoms with Crippen LogP contribution in [0.15, 0.2) is 18.2 Å². The molecule has 0 aromatic heterocycles. The number of anilines is 1. The van der Waals surface area contributed by atoms with E-state index in [4.69, 9.17) is 4.74 Å². The molecular formula is C10H13NO2S. The highest BCUT2D eigenvalue weighted by molar-refractivity contribution is 7.96. The van der Waals surface area contributed by atoms with Gasteiger partial charge in [-0.15, -0.1) is 0 Å². The van der Waals surface area contributed by atoms with Crippen LogP contribution in [0.5, 0.6) is 5.75 Å². The van der Waals surface area contributed by atoms with Gasteiger partial charge in [0, 0.05) is 5.69 Å². The van der Waals surface area contributed by atoms with E-state index in [-0.39, 0.29) is 5.24 Å². The summed E-state index contributed by atoms with van der Waals surface area (Å²) in [4.78, 5) is 10.7. The number of methoxy groups -OCH3 is 1. The number of amides is 1. The highest BCUT2D eigenvalue weighted by Gasteiger charge is 2.03. The maximum absolute atomic E-state index is 10.7. The van der Waals surface area contributed by atoms with Crippen LogP contribution in [-0.2, 0) is 6.42 Å². The number of aryl methyl sites for hydroxylation is 1. The molecule has 14 heavy (non-hydrogen) atoms. The smallest absolute Gasteiger partial charge is 0.280 e. The fourth-order valence-corrected chi connectivity index (χ4v) is 1.39. The molecule has 0 radical (unpaired) electrons. The molecule has 4 heteroatoms. The molecule has 1 amide bonds. The highest BCUT2D eigenvalue weighted by Crippen LogP contribution is 2.23. The molecule has 3 nitrogen and oxygen atoms in total. The van der Waals surface area contributed by atoms with Crippen molar-refractivity contribution in [2.45, 2.75) is 13.3 Å². The van der Waals surface area contributed by atoms with E-state index in [2.05, 4.69) is 17.9 Å². The van der Waals surface area contributed by atoms with Crippen molar-refractivity contribution in [3.63, 3.8) is 0 Å². The molecule has 1 aromatic rings. The van der Waals surface area contributed by atoms with Gasteiger partial charge in [-0.25, -0.2) is 0 Å². The van der Waals surface area contributed by atoms with Crippen molar-refractivity contribution in [1.82, 2.24) is 0 Å². The Morgan fingerprint density at radius 1 is 1.57 bits per heavy atom. The number of hydrogen-bond acceptors (Lipinski definition) is 2. The minimum atomic E-state index is -0.364. The molecule has 1 aromatic carbocycles. The van der Waals surface area contributed by atoms with Gasteiger partial charge >= 0.3 is 0 Å². The third kappa shape index (κ3) is 2.67. The SMILES string of the molecule is CCc1cc(NC(=O)S)ccc1OC. The maximum atomic E-state index is 10.7. The Bertz CT molecular complexity index is 339. The summed E-state index contributed by atoms with van der Waals surface area (Å²) in [7, 11) is 1.63. The molecule has 76 valence electrons. The van der Waals surface area contributed by atoms with E-state index in [0.717, 1.165) is 23.4 Å². The summed E-state index contributed by atoms with van der Waals surface area (Å²) in [5, 5.41) is 2.24. The van der Waals surface area contributed by atoms with E-state index < -0.39 is 0 Å². The van der Waals surface area contributed by atoms with E-state index in [1.165, 1.54) is 0 Å². The van der Waals surface area contributed by atoms with Gasteiger partial charge in [-0.2, -0.15) is 0 Å². The van der Waals surface area contributed by atoms with Gasteiger partial charge in [0.1, 0.15) is 5.75 Å². The zero-order chi connectivity index (χ0) is 10.6. The van der Waals surface area contributed by atoms with E-state index in [1.54, 1.807) is 13.2 Å². The number of ether oxygens (including phenoxy) is 1. The lowest BCUT2D eigenvalue weighted by atomic mass is 10.1. The third-order valence-electron chi connectivity index (χ3n) is 1.91. The van der Waals surface area contributed by atoms with Crippen molar-refractivity contribution in [3.05, 3.63) is 23.8 Å². The number of nitrogens with one attached hydrogen (secondary N) is 1. The van der Waals surface area contributed by atoms with Crippen LogP contribution in [0.4, 0.5) is 10.5 Å². The van der Waals surface area contributed by atoms with E-state index in [9.17, 15) is 4.79 Å². The van der Waals surface area contributed by atoms with Gasteiger partial charge in [0.2, 0.25) is 0 Å². The lowest BCUT2D eigenvalue weighted by Gasteiger charge is -2.08. The Hall–Kier alpha value is -1.16. The van der Waals surface area contributed by atoms with Gasteiger partial charge in [-0.3, -0.25) is 4.79 Å². The van der Waals surface area contributed by atoms with Gasteiger partial charge in [0.15, 0.2) is 0 Å². The summed E-state index contributed by atoms with van der Waals surface area (Å²) in [5.41, 5.74) is 1.80. The fourth-order valence-electron chi connectivity index (χ4n) is 1.26. The van der Waals surface area contributed by atoms with Crippen molar-refractivity contribution in [2.75, 3.05) is 12.4 Å². The lowest BCUT2D eigenvalue weighted by Crippen LogP contribution is -2.02. The van der Waals surface area contributed by atoms with Crippen LogP contribution in [0.3, 0.4) is 0 Å². The van der Waals surface area contributed by atoms with Gasteiger partial charge < -0.3 is 10.1 Å². The van der Waals surface area contributed by atoms with Crippen LogP contribution >= 0.6 is 12.6 Å². The largest absolute Gasteiger partial charge is 0.496 e. The Morgan fingerprint density at radius 3 is 2.79 bits per heavy atom. The molecule has 0 heterocycles. The number of hydrogen-bond donors (Lipinski definition) is 2. The quantitative estimate of drug-likeness (QED) is 0.754. The summed E-state index contributed by atoms with van der Waals surface area (Å²) < 4.78 is 5.16. The minimum absolute atomic E-state index is 0.364. The molecule has 0 bridgehead atoms. The fraction of sp³-hybridized carbons (Fsp3) is 0.300. The molecule has 0 unspecified atom stereocenters. The first-order valence-corrected chi connectivity index (χ1v) is 4.79. The Balaban J connectivity index is 2.95. The molecule has 0 spiro atoms. The molecule has 0 saturated heterocycles. The van der Waals surface area contributed by atoms with Gasteiger partial charge in [-0.1, -0.05) is 19.6 Å². The van der Waals surface area contributed by atoms with Gasteiger partial charge in [0.25, 0.3) is 5.24 Å². The second kappa shape index (κ2) is 4.91. The monoisotopic (exact) mass is 211 g/mol. The Morgan fingerprint density at radius 2 is 2.29 bits per heavy atom. The van der Waals surface area contributed by atoms with Gasteiger partial charge in [0.05, 0.1) is 7.11 Å². The van der Waals surface area contributed by atoms with E-state index in [1.807, 2.05) is 19.1 Å². The zero-order valence-corrected chi connectivity index (χ0v) is 9.10. The molecule has 1 N–H and O–H groups in total. The topological polar surface area (TPSA) is 38.3 Å². The minimum Gasteiger partial charge on any atom is -0.496 e. The molecule has 0 aliphatic rings. The van der Waals surface area contributed by atoms with Crippen LogP contribution in [0, 0.1) is 0 Å². The number of benzene rings is 1. The first kappa shape index (κ1) is 10.9. The van der Waals surface area contributed by atoms with Crippen molar-refractivity contribution >= 4 is 23.6 Å². The predicted octanol–water partition coefficient (Wildman–Crippen LogP) is 2.72. The normalized spacial score (nSPS) is 9.64. The molecule has 0 fully saturated rings. The number of thiol groups is 1. The van der Waals surface area contributed by atoms with Crippen LogP contribution < -0.4 is 10.1 Å². The number of carbonyl (C=O) groups excluding carboxylic acids is 1.